The van der Waals surface area contributed by atoms with E-state index in [0.29, 0.717) is 17.1 Å². The molecule has 0 saturated carbocycles. The molecule has 0 saturated heterocycles. The standard InChI is InChI=1S/C13H17NO2S/c1-13(2,3)17(15)9-11-7-10(8-14)5-6-12(11)16-4/h5-7H,9H2,1-4H3. The van der Waals surface area contributed by atoms with Gasteiger partial charge in [0.25, 0.3) is 0 Å². The van der Waals surface area contributed by atoms with Gasteiger partial charge in [0.2, 0.25) is 0 Å². The molecule has 4 heteroatoms. The van der Waals surface area contributed by atoms with E-state index in [9.17, 15) is 4.21 Å². The SMILES string of the molecule is COc1ccc(C#N)cc1CS(=O)C(C)(C)C. The molecule has 0 aliphatic carbocycles. The first-order valence-electron chi connectivity index (χ1n) is 5.34. The van der Waals surface area contributed by atoms with Crippen LogP contribution in [0.25, 0.3) is 0 Å². The molecule has 0 N–H and O–H groups in total. The molecule has 0 spiro atoms. The third kappa shape index (κ3) is 3.57. The van der Waals surface area contributed by atoms with Crippen LogP contribution in [0.5, 0.6) is 5.75 Å². The number of hydrogen-bond donors (Lipinski definition) is 0. The van der Waals surface area contributed by atoms with Gasteiger partial charge in [-0.25, -0.2) is 0 Å². The van der Waals surface area contributed by atoms with Gasteiger partial charge in [-0.3, -0.25) is 4.21 Å². The van der Waals surface area contributed by atoms with E-state index in [-0.39, 0.29) is 4.75 Å². The summed E-state index contributed by atoms with van der Waals surface area (Å²) in [6, 6.07) is 7.26. The minimum absolute atomic E-state index is 0.270. The summed E-state index contributed by atoms with van der Waals surface area (Å²) in [4.78, 5) is 0. The fraction of sp³-hybridized carbons (Fsp3) is 0.462. The van der Waals surface area contributed by atoms with Gasteiger partial charge in [-0.2, -0.15) is 5.26 Å². The van der Waals surface area contributed by atoms with E-state index in [4.69, 9.17) is 10.00 Å². The van der Waals surface area contributed by atoms with Crippen molar-refractivity contribution in [2.75, 3.05) is 7.11 Å². The van der Waals surface area contributed by atoms with E-state index in [1.165, 1.54) is 0 Å². The Bertz CT molecular complexity index is 469. The Hall–Kier alpha value is -1.34. The van der Waals surface area contributed by atoms with Crippen LogP contribution in [-0.4, -0.2) is 16.1 Å². The van der Waals surface area contributed by atoms with Crippen LogP contribution >= 0.6 is 0 Å². The average molecular weight is 251 g/mol. The monoisotopic (exact) mass is 251 g/mol. The lowest BCUT2D eigenvalue weighted by Crippen LogP contribution is -2.23. The Kier molecular flexibility index (Phi) is 4.30. The molecule has 0 heterocycles. The van der Waals surface area contributed by atoms with E-state index in [1.54, 1.807) is 25.3 Å². The van der Waals surface area contributed by atoms with Crippen LogP contribution < -0.4 is 4.74 Å². The Morgan fingerprint density at radius 2 is 2.06 bits per heavy atom. The van der Waals surface area contributed by atoms with Gasteiger partial charge >= 0.3 is 0 Å². The molecule has 0 amide bonds. The number of rotatable bonds is 3. The molecule has 17 heavy (non-hydrogen) atoms. The van der Waals surface area contributed by atoms with E-state index in [0.717, 1.165) is 5.56 Å². The molecule has 0 radical (unpaired) electrons. The van der Waals surface area contributed by atoms with Crippen LogP contribution in [0.4, 0.5) is 0 Å². The lowest BCUT2D eigenvalue weighted by atomic mass is 10.1. The first-order valence-corrected chi connectivity index (χ1v) is 6.66. The fourth-order valence-corrected chi connectivity index (χ4v) is 2.26. The second kappa shape index (κ2) is 5.33. The second-order valence-electron chi connectivity index (χ2n) is 4.74. The topological polar surface area (TPSA) is 50.1 Å². The highest BCUT2D eigenvalue weighted by molar-refractivity contribution is 7.85. The van der Waals surface area contributed by atoms with Crippen LogP contribution in [0.15, 0.2) is 18.2 Å². The molecular weight excluding hydrogens is 234 g/mol. The van der Waals surface area contributed by atoms with Crippen LogP contribution in [0.2, 0.25) is 0 Å². The molecule has 1 aromatic rings. The molecule has 0 bridgehead atoms. The van der Waals surface area contributed by atoms with Crippen molar-refractivity contribution in [1.82, 2.24) is 0 Å². The van der Waals surface area contributed by atoms with Gasteiger partial charge in [0.1, 0.15) is 5.75 Å². The Morgan fingerprint density at radius 1 is 1.41 bits per heavy atom. The lowest BCUT2D eigenvalue weighted by molar-refractivity contribution is 0.411. The zero-order valence-electron chi connectivity index (χ0n) is 10.6. The molecule has 3 nitrogen and oxygen atoms in total. The Labute approximate surface area is 105 Å². The molecular formula is C13H17NO2S. The maximum atomic E-state index is 12.1. The van der Waals surface area contributed by atoms with Crippen LogP contribution in [0.3, 0.4) is 0 Å². The highest BCUT2D eigenvalue weighted by Crippen LogP contribution is 2.24. The number of methoxy groups -OCH3 is 1. The molecule has 0 aromatic heterocycles. The summed E-state index contributed by atoms with van der Waals surface area (Å²) in [5.41, 5.74) is 1.38. The van der Waals surface area contributed by atoms with Crippen molar-refractivity contribution in [2.45, 2.75) is 31.3 Å². The maximum Gasteiger partial charge on any atom is 0.123 e. The van der Waals surface area contributed by atoms with Gasteiger partial charge in [-0.05, 0) is 39.0 Å². The number of ether oxygens (including phenoxy) is 1. The van der Waals surface area contributed by atoms with Crippen LogP contribution in [0, 0.1) is 11.3 Å². The molecule has 1 rings (SSSR count). The summed E-state index contributed by atoms with van der Waals surface area (Å²) >= 11 is 0. The van der Waals surface area contributed by atoms with Crippen molar-refractivity contribution in [3.8, 4) is 11.8 Å². The number of nitriles is 1. The van der Waals surface area contributed by atoms with Crippen LogP contribution in [-0.2, 0) is 16.6 Å². The smallest absolute Gasteiger partial charge is 0.123 e. The quantitative estimate of drug-likeness (QED) is 0.829. The van der Waals surface area contributed by atoms with Crippen LogP contribution in [0.1, 0.15) is 31.9 Å². The summed E-state index contributed by atoms with van der Waals surface area (Å²) in [6.07, 6.45) is 0. The minimum atomic E-state index is -1.000. The number of nitrogens with zero attached hydrogens (tertiary/aromatic N) is 1. The highest BCUT2D eigenvalue weighted by atomic mass is 32.2. The Balaban J connectivity index is 3.05. The molecule has 1 atom stereocenters. The van der Waals surface area contributed by atoms with Crippen molar-refractivity contribution in [3.63, 3.8) is 0 Å². The van der Waals surface area contributed by atoms with Crippen molar-refractivity contribution >= 4 is 10.8 Å². The Morgan fingerprint density at radius 3 is 2.53 bits per heavy atom. The lowest BCUT2D eigenvalue weighted by Gasteiger charge is -2.18. The van der Waals surface area contributed by atoms with Gasteiger partial charge in [0.05, 0.1) is 24.5 Å². The van der Waals surface area contributed by atoms with Gasteiger partial charge in [-0.15, -0.1) is 0 Å². The molecule has 92 valence electrons. The normalized spacial score (nSPS) is 12.9. The fourth-order valence-electron chi connectivity index (χ4n) is 1.32. The average Bonchev–Trinajstić information content (AvgIpc) is 2.27. The molecule has 1 unspecified atom stereocenters. The first-order chi connectivity index (χ1) is 7.88. The summed E-state index contributed by atoms with van der Waals surface area (Å²) < 4.78 is 17.0. The maximum absolute atomic E-state index is 12.1. The van der Waals surface area contributed by atoms with E-state index in [1.807, 2.05) is 20.8 Å². The van der Waals surface area contributed by atoms with E-state index in [2.05, 4.69) is 6.07 Å². The number of benzene rings is 1. The van der Waals surface area contributed by atoms with Gasteiger partial charge in [0.15, 0.2) is 0 Å². The minimum Gasteiger partial charge on any atom is -0.496 e. The predicted octanol–water partition coefficient (Wildman–Crippen LogP) is 2.61. The zero-order chi connectivity index (χ0) is 13.1. The highest BCUT2D eigenvalue weighted by Gasteiger charge is 2.21. The second-order valence-corrected chi connectivity index (χ2v) is 6.95. The summed E-state index contributed by atoms with van der Waals surface area (Å²) in [6.45, 7) is 5.80. The first kappa shape index (κ1) is 13.7. The molecule has 0 aliphatic rings. The van der Waals surface area contributed by atoms with Crippen molar-refractivity contribution in [1.29, 1.82) is 5.26 Å². The van der Waals surface area contributed by atoms with Gasteiger partial charge in [-0.1, -0.05) is 0 Å². The molecule has 0 fully saturated rings. The van der Waals surface area contributed by atoms with Crippen molar-refractivity contribution in [2.24, 2.45) is 0 Å². The van der Waals surface area contributed by atoms with Crippen molar-refractivity contribution in [3.05, 3.63) is 29.3 Å². The van der Waals surface area contributed by atoms with Gasteiger partial charge < -0.3 is 4.74 Å². The molecule has 0 aliphatic heterocycles. The summed E-state index contributed by atoms with van der Waals surface area (Å²) in [5, 5.41) is 8.85. The summed E-state index contributed by atoms with van der Waals surface area (Å²) in [5.74, 6) is 1.09. The van der Waals surface area contributed by atoms with Crippen molar-refractivity contribution < 1.29 is 8.95 Å². The predicted molar refractivity (Wildman–Crippen MR) is 69.3 cm³/mol. The third-order valence-electron chi connectivity index (χ3n) is 2.38. The largest absolute Gasteiger partial charge is 0.496 e. The summed E-state index contributed by atoms with van der Waals surface area (Å²) in [7, 11) is 0.574. The van der Waals surface area contributed by atoms with E-state index >= 15 is 0 Å². The van der Waals surface area contributed by atoms with E-state index < -0.39 is 10.8 Å². The van der Waals surface area contributed by atoms with Gasteiger partial charge in [0, 0.05) is 21.1 Å². The third-order valence-corrected chi connectivity index (χ3v) is 4.32. The zero-order valence-corrected chi connectivity index (χ0v) is 11.4. The molecule has 1 aromatic carbocycles. The number of hydrogen-bond acceptors (Lipinski definition) is 3.